The maximum atomic E-state index is 13.6. The minimum Gasteiger partial charge on any atom is -0.432 e. The topological polar surface area (TPSA) is 41.5 Å². The zero-order valence-corrected chi connectivity index (χ0v) is 11.7. The summed E-state index contributed by atoms with van der Waals surface area (Å²) in [7, 11) is 0. The Morgan fingerprint density at radius 1 is 1.24 bits per heavy atom. The van der Waals surface area contributed by atoms with Crippen LogP contribution in [-0.4, -0.2) is 24.9 Å². The van der Waals surface area contributed by atoms with E-state index < -0.39 is 18.2 Å². The molecule has 21 heavy (non-hydrogen) atoms. The second-order valence-corrected chi connectivity index (χ2v) is 5.60. The Hall–Kier alpha value is -1.43. The van der Waals surface area contributed by atoms with Gasteiger partial charge in [0.05, 0.1) is 6.61 Å². The third-order valence-corrected chi connectivity index (χ3v) is 4.07. The first-order valence-corrected chi connectivity index (χ1v) is 7.14. The van der Waals surface area contributed by atoms with E-state index in [1.165, 1.54) is 18.6 Å². The molecule has 1 saturated carbocycles. The predicted octanol–water partition coefficient (Wildman–Crippen LogP) is 3.78. The Kier molecular flexibility index (Phi) is 5.33. The molecule has 0 aliphatic heterocycles. The molecular weight excluding hydrogens is 283 g/mol. The number of benzene rings is 1. The maximum absolute atomic E-state index is 13.6. The number of rotatable bonds is 6. The van der Waals surface area contributed by atoms with Gasteiger partial charge >= 0.3 is 6.61 Å². The van der Waals surface area contributed by atoms with Crippen LogP contribution in [0.1, 0.15) is 32.1 Å². The van der Waals surface area contributed by atoms with Crippen LogP contribution in [0.15, 0.2) is 18.2 Å². The first kappa shape index (κ1) is 15.9. The van der Waals surface area contributed by atoms with Crippen LogP contribution in [0.25, 0.3) is 0 Å². The molecule has 1 aliphatic rings. The summed E-state index contributed by atoms with van der Waals surface area (Å²) in [4.78, 5) is 0. The molecule has 1 fully saturated rings. The summed E-state index contributed by atoms with van der Waals surface area (Å²) in [5, 5.41) is 12.7. The number of ether oxygens (including phenoxy) is 1. The van der Waals surface area contributed by atoms with Crippen LogP contribution in [0.2, 0.25) is 0 Å². The number of nitrogens with one attached hydrogen (secondary N) is 1. The maximum Gasteiger partial charge on any atom is 0.387 e. The Labute approximate surface area is 122 Å². The van der Waals surface area contributed by atoms with Crippen molar-refractivity contribution in [3.8, 4) is 5.75 Å². The van der Waals surface area contributed by atoms with Gasteiger partial charge in [0, 0.05) is 23.7 Å². The minimum absolute atomic E-state index is 0.0923. The van der Waals surface area contributed by atoms with Gasteiger partial charge in [0.15, 0.2) is 11.6 Å². The molecule has 1 aromatic rings. The van der Waals surface area contributed by atoms with Crippen molar-refractivity contribution in [1.29, 1.82) is 0 Å². The molecule has 0 radical (unpaired) electrons. The van der Waals surface area contributed by atoms with Crippen LogP contribution in [-0.2, 0) is 0 Å². The van der Waals surface area contributed by atoms with Crippen LogP contribution < -0.4 is 10.1 Å². The Morgan fingerprint density at radius 3 is 2.52 bits per heavy atom. The smallest absolute Gasteiger partial charge is 0.387 e. The number of hydrogen-bond donors (Lipinski definition) is 2. The highest BCUT2D eigenvalue weighted by atomic mass is 19.3. The third kappa shape index (κ3) is 4.27. The molecule has 6 heteroatoms. The lowest BCUT2D eigenvalue weighted by Crippen LogP contribution is -2.35. The van der Waals surface area contributed by atoms with E-state index in [0.29, 0.717) is 12.2 Å². The summed E-state index contributed by atoms with van der Waals surface area (Å²) in [5.41, 5.74) is 0.319. The predicted molar refractivity (Wildman–Crippen MR) is 74.1 cm³/mol. The summed E-state index contributed by atoms with van der Waals surface area (Å²) >= 11 is 0. The molecule has 0 atom stereocenters. The molecule has 1 aromatic carbocycles. The fourth-order valence-electron chi connectivity index (χ4n) is 2.78. The average molecular weight is 303 g/mol. The van der Waals surface area contributed by atoms with Gasteiger partial charge in [0.25, 0.3) is 0 Å². The molecule has 3 nitrogen and oxygen atoms in total. The quantitative estimate of drug-likeness (QED) is 0.840. The Morgan fingerprint density at radius 2 is 1.95 bits per heavy atom. The normalized spacial score (nSPS) is 17.8. The van der Waals surface area contributed by atoms with Crippen molar-refractivity contribution < 1.29 is 23.0 Å². The van der Waals surface area contributed by atoms with Crippen molar-refractivity contribution in [3.63, 3.8) is 0 Å². The van der Waals surface area contributed by atoms with Crippen molar-refractivity contribution in [2.24, 2.45) is 5.41 Å². The van der Waals surface area contributed by atoms with Gasteiger partial charge in [0.1, 0.15) is 0 Å². The number of halogens is 3. The molecule has 0 heterocycles. The monoisotopic (exact) mass is 303 g/mol. The summed E-state index contributed by atoms with van der Waals surface area (Å²) in [5.74, 6) is -1.30. The summed E-state index contributed by atoms with van der Waals surface area (Å²) in [6, 6.07) is 3.80. The van der Waals surface area contributed by atoms with Gasteiger partial charge in [-0.1, -0.05) is 19.3 Å². The highest BCUT2D eigenvalue weighted by Gasteiger charge is 2.31. The van der Waals surface area contributed by atoms with E-state index in [1.54, 1.807) is 0 Å². The minimum atomic E-state index is -3.04. The number of aliphatic hydroxyl groups excluding tert-OH is 1. The molecule has 0 spiro atoms. The number of alkyl halides is 2. The highest BCUT2D eigenvalue weighted by Crippen LogP contribution is 2.36. The molecule has 0 amide bonds. The highest BCUT2D eigenvalue weighted by molar-refractivity contribution is 5.47. The van der Waals surface area contributed by atoms with Crippen molar-refractivity contribution in [1.82, 2.24) is 0 Å². The molecule has 118 valence electrons. The van der Waals surface area contributed by atoms with Crippen molar-refractivity contribution in [2.75, 3.05) is 18.5 Å². The van der Waals surface area contributed by atoms with Gasteiger partial charge in [0.2, 0.25) is 0 Å². The zero-order chi connectivity index (χ0) is 15.3. The molecular formula is C15H20F3NO2. The second-order valence-electron chi connectivity index (χ2n) is 5.60. The van der Waals surface area contributed by atoms with Gasteiger partial charge in [-0.3, -0.25) is 0 Å². The van der Waals surface area contributed by atoms with Crippen molar-refractivity contribution >= 4 is 5.69 Å². The first-order chi connectivity index (χ1) is 10.0. The second kappa shape index (κ2) is 7.02. The van der Waals surface area contributed by atoms with Crippen LogP contribution in [0.5, 0.6) is 5.75 Å². The average Bonchev–Trinajstić information content (AvgIpc) is 2.48. The van der Waals surface area contributed by atoms with Crippen LogP contribution in [0.3, 0.4) is 0 Å². The van der Waals surface area contributed by atoms with Gasteiger partial charge in [-0.05, 0) is 25.0 Å². The molecule has 2 N–H and O–H groups in total. The molecule has 2 rings (SSSR count). The first-order valence-electron chi connectivity index (χ1n) is 7.14. The Bertz CT molecular complexity index is 462. The van der Waals surface area contributed by atoms with E-state index in [9.17, 15) is 18.3 Å². The largest absolute Gasteiger partial charge is 0.432 e. The fraction of sp³-hybridized carbons (Fsp3) is 0.600. The lowest BCUT2D eigenvalue weighted by molar-refractivity contribution is -0.0521. The summed E-state index contributed by atoms with van der Waals surface area (Å²) < 4.78 is 41.8. The SMILES string of the molecule is OCC1(CNc2ccc(OC(F)F)c(F)c2)CCCCC1. The standard InChI is InChI=1S/C15H20F3NO2/c16-12-8-11(4-5-13(12)21-14(17)18)19-9-15(10-20)6-2-1-3-7-15/h4-5,8,14,19-20H,1-3,6-7,9-10H2. The molecule has 0 unspecified atom stereocenters. The van der Waals surface area contributed by atoms with E-state index in [1.807, 2.05) is 0 Å². The van der Waals surface area contributed by atoms with Crippen LogP contribution >= 0.6 is 0 Å². The lowest BCUT2D eigenvalue weighted by atomic mass is 9.74. The summed E-state index contributed by atoms with van der Waals surface area (Å²) in [6.45, 7) is -2.41. The zero-order valence-electron chi connectivity index (χ0n) is 11.7. The molecule has 0 saturated heterocycles. The van der Waals surface area contributed by atoms with E-state index in [4.69, 9.17) is 0 Å². The van der Waals surface area contributed by atoms with Gasteiger partial charge in [-0.25, -0.2) is 4.39 Å². The number of aliphatic hydroxyl groups is 1. The Balaban J connectivity index is 1.98. The van der Waals surface area contributed by atoms with E-state index >= 15 is 0 Å². The van der Waals surface area contributed by atoms with Crippen molar-refractivity contribution in [3.05, 3.63) is 24.0 Å². The van der Waals surface area contributed by atoms with E-state index in [0.717, 1.165) is 31.7 Å². The van der Waals surface area contributed by atoms with Gasteiger partial charge < -0.3 is 15.2 Å². The summed E-state index contributed by atoms with van der Waals surface area (Å²) in [6.07, 6.45) is 5.21. The van der Waals surface area contributed by atoms with Crippen molar-refractivity contribution in [2.45, 2.75) is 38.7 Å². The van der Waals surface area contributed by atoms with E-state index in [-0.39, 0.29) is 12.0 Å². The number of hydrogen-bond acceptors (Lipinski definition) is 3. The number of anilines is 1. The molecule has 1 aliphatic carbocycles. The van der Waals surface area contributed by atoms with Gasteiger partial charge in [-0.2, -0.15) is 8.78 Å². The van der Waals surface area contributed by atoms with Gasteiger partial charge in [-0.15, -0.1) is 0 Å². The van der Waals surface area contributed by atoms with Crippen LogP contribution in [0, 0.1) is 11.2 Å². The lowest BCUT2D eigenvalue weighted by Gasteiger charge is -2.36. The fourth-order valence-corrected chi connectivity index (χ4v) is 2.78. The molecule has 0 bridgehead atoms. The van der Waals surface area contributed by atoms with Crippen LogP contribution in [0.4, 0.5) is 18.9 Å². The molecule has 0 aromatic heterocycles. The third-order valence-electron chi connectivity index (χ3n) is 4.07. The van der Waals surface area contributed by atoms with E-state index in [2.05, 4.69) is 10.1 Å².